The van der Waals surface area contributed by atoms with Crippen molar-refractivity contribution in [1.82, 2.24) is 9.97 Å². The summed E-state index contributed by atoms with van der Waals surface area (Å²) >= 11 is 11.2. The average molecular weight is 376 g/mol. The summed E-state index contributed by atoms with van der Waals surface area (Å²) in [6, 6.07) is 3.06. The highest BCUT2D eigenvalue weighted by molar-refractivity contribution is 6.18. The van der Waals surface area contributed by atoms with Gasteiger partial charge in [0.05, 0.1) is 31.2 Å². The van der Waals surface area contributed by atoms with Crippen molar-refractivity contribution >= 4 is 39.9 Å². The van der Waals surface area contributed by atoms with E-state index in [9.17, 15) is 4.39 Å². The van der Waals surface area contributed by atoms with Crippen LogP contribution in [-0.4, -0.2) is 47.7 Å². The first-order valence-corrected chi connectivity index (χ1v) is 8.65. The number of aromatic nitrogens is 2. The third-order valence-electron chi connectivity index (χ3n) is 3.51. The van der Waals surface area contributed by atoms with E-state index in [2.05, 4.69) is 15.3 Å². The summed E-state index contributed by atoms with van der Waals surface area (Å²) in [6.07, 6.45) is 0.947. The standard InChI is InChI=1S/C16H20Cl2FN3O2/c1-10(12(19)8-18)22-16-11-6-15(24-5-3-4-17)14(23-2)7-13(11)20-9-21-16/h6-7,9-10,12H,3-5,8H2,1-2H3,(H,20,21,22)/t10?,12-/m1/s1. The van der Waals surface area contributed by atoms with E-state index < -0.39 is 12.2 Å². The predicted octanol–water partition coefficient (Wildman–Crippen LogP) is 4.02. The highest BCUT2D eigenvalue weighted by Crippen LogP contribution is 2.34. The molecule has 0 aliphatic heterocycles. The first kappa shape index (κ1) is 18.8. The maximum Gasteiger partial charge on any atom is 0.162 e. The van der Waals surface area contributed by atoms with E-state index >= 15 is 0 Å². The Labute approximate surface area is 150 Å². The normalized spacial score (nSPS) is 13.5. The summed E-state index contributed by atoms with van der Waals surface area (Å²) < 4.78 is 24.8. The van der Waals surface area contributed by atoms with Crippen molar-refractivity contribution in [3.63, 3.8) is 0 Å². The number of rotatable bonds is 9. The molecule has 1 heterocycles. The van der Waals surface area contributed by atoms with E-state index in [1.165, 1.54) is 6.33 Å². The van der Waals surface area contributed by atoms with Gasteiger partial charge in [-0.3, -0.25) is 0 Å². The Balaban J connectivity index is 2.36. The summed E-state index contributed by atoms with van der Waals surface area (Å²) in [6.45, 7) is 2.18. The van der Waals surface area contributed by atoms with Crippen molar-refractivity contribution in [2.75, 3.05) is 30.8 Å². The fraction of sp³-hybridized carbons (Fsp3) is 0.500. The molecule has 24 heavy (non-hydrogen) atoms. The molecular weight excluding hydrogens is 356 g/mol. The molecule has 2 rings (SSSR count). The van der Waals surface area contributed by atoms with Crippen LogP contribution in [0.5, 0.6) is 11.5 Å². The molecule has 0 saturated heterocycles. The molecule has 1 aromatic heterocycles. The molecule has 0 saturated carbocycles. The maximum atomic E-state index is 13.7. The Morgan fingerprint density at radius 1 is 1.25 bits per heavy atom. The van der Waals surface area contributed by atoms with E-state index in [4.69, 9.17) is 32.7 Å². The number of alkyl halides is 3. The topological polar surface area (TPSA) is 56.3 Å². The minimum atomic E-state index is -1.19. The van der Waals surface area contributed by atoms with Crippen molar-refractivity contribution in [2.24, 2.45) is 0 Å². The zero-order valence-electron chi connectivity index (χ0n) is 13.6. The number of fused-ring (bicyclic) bond motifs is 1. The van der Waals surface area contributed by atoms with E-state index in [1.807, 2.05) is 0 Å². The summed E-state index contributed by atoms with van der Waals surface area (Å²) in [5.74, 6) is 2.08. The Bertz CT molecular complexity index is 675. The van der Waals surface area contributed by atoms with Crippen molar-refractivity contribution in [3.05, 3.63) is 18.5 Å². The van der Waals surface area contributed by atoms with Gasteiger partial charge in [-0.25, -0.2) is 14.4 Å². The molecule has 0 aliphatic rings. The fourth-order valence-corrected chi connectivity index (χ4v) is 2.50. The second kappa shape index (κ2) is 9.08. The zero-order chi connectivity index (χ0) is 17.5. The highest BCUT2D eigenvalue weighted by Gasteiger charge is 2.18. The van der Waals surface area contributed by atoms with Crippen LogP contribution in [0.2, 0.25) is 0 Å². The summed E-state index contributed by atoms with van der Waals surface area (Å²) in [5.41, 5.74) is 0.669. The molecule has 1 N–H and O–H groups in total. The van der Waals surface area contributed by atoms with Crippen LogP contribution in [0.3, 0.4) is 0 Å². The zero-order valence-corrected chi connectivity index (χ0v) is 15.1. The minimum absolute atomic E-state index is 0.0855. The third-order valence-corrected chi connectivity index (χ3v) is 4.07. The molecule has 8 heteroatoms. The van der Waals surface area contributed by atoms with Gasteiger partial charge in [-0.1, -0.05) is 0 Å². The van der Waals surface area contributed by atoms with E-state index in [0.717, 1.165) is 6.42 Å². The first-order chi connectivity index (χ1) is 11.6. The SMILES string of the molecule is COc1cc2ncnc(NC(C)[C@H](F)CCl)c2cc1OCCCCl. The molecule has 0 spiro atoms. The lowest BCUT2D eigenvalue weighted by Crippen LogP contribution is -2.29. The highest BCUT2D eigenvalue weighted by atomic mass is 35.5. The Kier molecular flexibility index (Phi) is 7.12. The van der Waals surface area contributed by atoms with Gasteiger partial charge in [-0.2, -0.15) is 0 Å². The molecule has 0 aliphatic carbocycles. The maximum absolute atomic E-state index is 13.7. The van der Waals surface area contributed by atoms with E-state index in [-0.39, 0.29) is 5.88 Å². The van der Waals surface area contributed by atoms with Crippen molar-refractivity contribution < 1.29 is 13.9 Å². The quantitative estimate of drug-likeness (QED) is 0.529. The van der Waals surface area contributed by atoms with E-state index in [1.54, 1.807) is 26.2 Å². The number of hydrogen-bond acceptors (Lipinski definition) is 5. The molecule has 1 unspecified atom stereocenters. The van der Waals surface area contributed by atoms with Crippen LogP contribution in [0.1, 0.15) is 13.3 Å². The Morgan fingerprint density at radius 2 is 2.04 bits per heavy atom. The van der Waals surface area contributed by atoms with Gasteiger partial charge in [0.2, 0.25) is 0 Å². The summed E-state index contributed by atoms with van der Waals surface area (Å²) in [5, 5.41) is 3.76. The van der Waals surface area contributed by atoms with Gasteiger partial charge in [0, 0.05) is 17.3 Å². The Morgan fingerprint density at radius 3 is 2.71 bits per heavy atom. The predicted molar refractivity (Wildman–Crippen MR) is 95.6 cm³/mol. The molecular formula is C16H20Cl2FN3O2. The van der Waals surface area contributed by atoms with Gasteiger partial charge >= 0.3 is 0 Å². The van der Waals surface area contributed by atoms with Crippen LogP contribution in [0, 0.1) is 0 Å². The number of halogens is 3. The van der Waals surface area contributed by atoms with Crippen LogP contribution in [-0.2, 0) is 0 Å². The second-order valence-electron chi connectivity index (χ2n) is 5.24. The molecule has 132 valence electrons. The third kappa shape index (κ3) is 4.51. The molecule has 5 nitrogen and oxygen atoms in total. The molecule has 0 fully saturated rings. The van der Waals surface area contributed by atoms with Crippen LogP contribution in [0.4, 0.5) is 10.2 Å². The molecule has 2 aromatic rings. The minimum Gasteiger partial charge on any atom is -0.493 e. The van der Waals surface area contributed by atoms with Gasteiger partial charge in [-0.15, -0.1) is 23.2 Å². The largest absolute Gasteiger partial charge is 0.493 e. The van der Waals surface area contributed by atoms with Crippen LogP contribution < -0.4 is 14.8 Å². The van der Waals surface area contributed by atoms with Crippen molar-refractivity contribution in [3.8, 4) is 11.5 Å². The van der Waals surface area contributed by atoms with Crippen LogP contribution in [0.25, 0.3) is 10.9 Å². The fourth-order valence-electron chi connectivity index (χ4n) is 2.13. The number of methoxy groups -OCH3 is 1. The molecule has 2 atom stereocenters. The molecule has 0 bridgehead atoms. The molecule has 1 aromatic carbocycles. The van der Waals surface area contributed by atoms with Crippen molar-refractivity contribution in [1.29, 1.82) is 0 Å². The smallest absolute Gasteiger partial charge is 0.162 e. The Hall–Kier alpha value is -1.53. The van der Waals surface area contributed by atoms with Gasteiger partial charge in [0.1, 0.15) is 18.3 Å². The van der Waals surface area contributed by atoms with Crippen LogP contribution in [0.15, 0.2) is 18.5 Å². The number of anilines is 1. The van der Waals surface area contributed by atoms with Crippen molar-refractivity contribution in [2.45, 2.75) is 25.6 Å². The number of ether oxygens (including phenoxy) is 2. The lowest BCUT2D eigenvalue weighted by molar-refractivity contribution is 0.295. The van der Waals surface area contributed by atoms with Gasteiger partial charge in [-0.05, 0) is 19.4 Å². The lowest BCUT2D eigenvalue weighted by Gasteiger charge is -2.18. The van der Waals surface area contributed by atoms with E-state index in [0.29, 0.717) is 40.7 Å². The lowest BCUT2D eigenvalue weighted by atomic mass is 10.1. The summed E-state index contributed by atoms with van der Waals surface area (Å²) in [7, 11) is 1.56. The monoisotopic (exact) mass is 375 g/mol. The van der Waals surface area contributed by atoms with Gasteiger partial charge < -0.3 is 14.8 Å². The molecule has 0 amide bonds. The number of benzene rings is 1. The number of nitrogens with one attached hydrogen (secondary N) is 1. The van der Waals surface area contributed by atoms with Gasteiger partial charge in [0.25, 0.3) is 0 Å². The first-order valence-electron chi connectivity index (χ1n) is 7.58. The number of nitrogens with zero attached hydrogens (tertiary/aromatic N) is 2. The second-order valence-corrected chi connectivity index (χ2v) is 5.92. The average Bonchev–Trinajstić information content (AvgIpc) is 2.60. The van der Waals surface area contributed by atoms with Crippen LogP contribution >= 0.6 is 23.2 Å². The summed E-state index contributed by atoms with van der Waals surface area (Å²) in [4.78, 5) is 8.44. The molecule has 0 radical (unpaired) electrons. The number of hydrogen-bond donors (Lipinski definition) is 1. The van der Waals surface area contributed by atoms with Gasteiger partial charge in [0.15, 0.2) is 11.5 Å².